The minimum atomic E-state index is -4.25. The van der Waals surface area contributed by atoms with Gasteiger partial charge in [0.2, 0.25) is 0 Å². The highest BCUT2D eigenvalue weighted by molar-refractivity contribution is 5.90. The van der Waals surface area contributed by atoms with E-state index in [-0.39, 0.29) is 11.2 Å². The van der Waals surface area contributed by atoms with Gasteiger partial charge in [0, 0.05) is 5.92 Å². The highest BCUT2D eigenvalue weighted by Gasteiger charge is 2.48. The smallest absolute Gasteiger partial charge is 0.338 e. The largest absolute Gasteiger partial charge is 0.544 e. The summed E-state index contributed by atoms with van der Waals surface area (Å²) in [6.07, 6.45) is 6.92. The van der Waals surface area contributed by atoms with E-state index in [2.05, 4.69) is 13.8 Å². The Kier molecular flexibility index (Phi) is 7.78. The number of carbonyl (C=O) groups is 2. The number of esters is 1. The Balaban J connectivity index is 1.68. The van der Waals surface area contributed by atoms with Gasteiger partial charge in [-0.2, -0.15) is 8.78 Å². The summed E-state index contributed by atoms with van der Waals surface area (Å²) in [5.74, 6) is -7.41. The number of rotatable bonds is 8. The third-order valence-electron chi connectivity index (χ3n) is 7.00. The Hall–Kier alpha value is -2.18. The molecule has 0 N–H and O–H groups in total. The zero-order valence-corrected chi connectivity index (χ0v) is 18.9. The fourth-order valence-electron chi connectivity index (χ4n) is 5.05. The summed E-state index contributed by atoms with van der Waals surface area (Å²) in [6.45, 7) is 4.11. The molecule has 0 amide bonds. The molecule has 0 radical (unpaired) electrons. The molecule has 2 aliphatic rings. The minimum Gasteiger partial charge on any atom is -0.544 e. The van der Waals surface area contributed by atoms with E-state index in [0.717, 1.165) is 19.3 Å². The van der Waals surface area contributed by atoms with Crippen LogP contribution in [-0.4, -0.2) is 29.6 Å². The molecular weight excluding hydrogens is 418 g/mol. The van der Waals surface area contributed by atoms with Gasteiger partial charge in [-0.15, -0.1) is 0 Å². The van der Waals surface area contributed by atoms with Gasteiger partial charge in [0.1, 0.15) is 17.3 Å². The molecule has 0 bridgehead atoms. The molecule has 7 heteroatoms. The number of carboxylic acids is 1. The van der Waals surface area contributed by atoms with Crippen molar-refractivity contribution in [2.45, 2.75) is 95.7 Å². The Morgan fingerprint density at radius 2 is 1.47 bits per heavy atom. The van der Waals surface area contributed by atoms with Crippen LogP contribution in [0.5, 0.6) is 5.75 Å². The molecule has 1 atom stereocenters. The van der Waals surface area contributed by atoms with Crippen molar-refractivity contribution in [1.29, 1.82) is 0 Å². The number of hydrogen-bond donors (Lipinski definition) is 0. The topological polar surface area (TPSA) is 75.7 Å². The lowest BCUT2D eigenvalue weighted by molar-refractivity contribution is -0.337. The molecule has 0 spiro atoms. The summed E-state index contributed by atoms with van der Waals surface area (Å²) in [7, 11) is 0. The first-order valence-electron chi connectivity index (χ1n) is 11.7. The van der Waals surface area contributed by atoms with Crippen LogP contribution < -0.4 is 9.84 Å². The van der Waals surface area contributed by atoms with Gasteiger partial charge in [-0.1, -0.05) is 38.5 Å². The zero-order chi connectivity index (χ0) is 23.4. The summed E-state index contributed by atoms with van der Waals surface area (Å²) >= 11 is 0. The van der Waals surface area contributed by atoms with Crippen molar-refractivity contribution in [3.63, 3.8) is 0 Å². The van der Waals surface area contributed by atoms with Crippen molar-refractivity contribution < 1.29 is 33.0 Å². The van der Waals surface area contributed by atoms with E-state index >= 15 is 0 Å². The lowest BCUT2D eigenvalue weighted by Gasteiger charge is -2.37. The second kappa shape index (κ2) is 10.2. The third kappa shape index (κ3) is 5.78. The second-order valence-corrected chi connectivity index (χ2v) is 9.70. The number of carboxylic acid groups (broad SMARTS) is 1. The highest BCUT2D eigenvalue weighted by Crippen LogP contribution is 2.37. The number of benzene rings is 1. The molecule has 0 aromatic heterocycles. The number of aliphatic carboxylic acids is 1. The van der Waals surface area contributed by atoms with Crippen LogP contribution in [0.25, 0.3) is 0 Å². The zero-order valence-electron chi connectivity index (χ0n) is 18.9. The lowest BCUT2D eigenvalue weighted by atomic mass is 9.79. The number of ether oxygens (including phenoxy) is 2. The molecule has 0 heterocycles. The van der Waals surface area contributed by atoms with E-state index < -0.39 is 29.9 Å². The summed E-state index contributed by atoms with van der Waals surface area (Å²) in [6, 6.07) is 6.16. The Morgan fingerprint density at radius 1 is 0.938 bits per heavy atom. The van der Waals surface area contributed by atoms with Crippen LogP contribution >= 0.6 is 0 Å². The first kappa shape index (κ1) is 24.5. The van der Waals surface area contributed by atoms with Crippen molar-refractivity contribution in [3.05, 3.63) is 29.8 Å². The lowest BCUT2D eigenvalue weighted by Crippen LogP contribution is -2.54. The van der Waals surface area contributed by atoms with Gasteiger partial charge in [-0.25, -0.2) is 4.79 Å². The summed E-state index contributed by atoms with van der Waals surface area (Å²) in [5, 5.41) is 11.1. The SMILES string of the molecule is CC(C)(Oc1ccc(C(=O)OC(C2CCCCC2)C(F)(F)C(=O)[O-])cc1)C1CCCCC1. The molecule has 2 aliphatic carbocycles. The van der Waals surface area contributed by atoms with Crippen molar-refractivity contribution in [1.82, 2.24) is 0 Å². The van der Waals surface area contributed by atoms with Gasteiger partial charge in [0.25, 0.3) is 0 Å². The average Bonchev–Trinajstić information content (AvgIpc) is 2.78. The molecule has 3 rings (SSSR count). The van der Waals surface area contributed by atoms with Crippen LogP contribution in [0.4, 0.5) is 8.78 Å². The molecule has 2 saturated carbocycles. The molecule has 5 nitrogen and oxygen atoms in total. The monoisotopic (exact) mass is 451 g/mol. The molecule has 1 unspecified atom stereocenters. The summed E-state index contributed by atoms with van der Waals surface area (Å²) in [5.41, 5.74) is -0.284. The normalized spacial score (nSPS) is 19.9. The van der Waals surface area contributed by atoms with Crippen LogP contribution in [0.1, 0.15) is 88.4 Å². The maximum Gasteiger partial charge on any atom is 0.338 e. The van der Waals surface area contributed by atoms with E-state index in [9.17, 15) is 23.5 Å². The van der Waals surface area contributed by atoms with Crippen LogP contribution in [-0.2, 0) is 9.53 Å². The molecule has 32 heavy (non-hydrogen) atoms. The highest BCUT2D eigenvalue weighted by atomic mass is 19.3. The number of carbonyl (C=O) groups excluding carboxylic acids is 2. The standard InChI is InChI=1S/C25H34F2O5/c1-24(2,19-11-7-4-8-12-19)32-20-15-13-18(14-16-20)22(28)31-21(25(26,27)23(29)30)17-9-5-3-6-10-17/h13-17,19,21H,3-12H2,1-2H3,(H,29,30)/p-1. The molecule has 178 valence electrons. The van der Waals surface area contributed by atoms with Crippen LogP contribution in [0.2, 0.25) is 0 Å². The first-order valence-corrected chi connectivity index (χ1v) is 11.7. The maximum atomic E-state index is 14.3. The molecule has 1 aromatic carbocycles. The first-order chi connectivity index (χ1) is 15.1. The minimum absolute atomic E-state index is 0.0720. The molecule has 2 fully saturated rings. The Bertz CT molecular complexity index is 778. The predicted molar refractivity (Wildman–Crippen MR) is 113 cm³/mol. The number of alkyl halides is 2. The van der Waals surface area contributed by atoms with E-state index in [1.807, 2.05) is 0 Å². The van der Waals surface area contributed by atoms with Crippen LogP contribution in [0.3, 0.4) is 0 Å². The van der Waals surface area contributed by atoms with Crippen molar-refractivity contribution >= 4 is 11.9 Å². The average molecular weight is 452 g/mol. The van der Waals surface area contributed by atoms with E-state index in [1.165, 1.54) is 31.4 Å². The molecular formula is C25H33F2O5-. The molecule has 0 saturated heterocycles. The van der Waals surface area contributed by atoms with Crippen LogP contribution in [0.15, 0.2) is 24.3 Å². The Morgan fingerprint density at radius 3 is 2.00 bits per heavy atom. The quantitative estimate of drug-likeness (QED) is 0.525. The molecule has 1 aromatic rings. The summed E-state index contributed by atoms with van der Waals surface area (Å²) < 4.78 is 39.9. The van der Waals surface area contributed by atoms with Gasteiger partial charge in [-0.05, 0) is 69.7 Å². The van der Waals surface area contributed by atoms with Gasteiger partial charge < -0.3 is 19.4 Å². The van der Waals surface area contributed by atoms with Crippen LogP contribution in [0, 0.1) is 11.8 Å². The fourth-order valence-corrected chi connectivity index (χ4v) is 5.05. The number of hydrogen-bond acceptors (Lipinski definition) is 5. The fraction of sp³-hybridized carbons (Fsp3) is 0.680. The number of halogens is 2. The van der Waals surface area contributed by atoms with Gasteiger partial charge in [-0.3, -0.25) is 0 Å². The van der Waals surface area contributed by atoms with Crippen molar-refractivity contribution in [3.8, 4) is 5.75 Å². The maximum absolute atomic E-state index is 14.3. The third-order valence-corrected chi connectivity index (χ3v) is 7.00. The van der Waals surface area contributed by atoms with E-state index in [4.69, 9.17) is 9.47 Å². The van der Waals surface area contributed by atoms with Gasteiger partial charge in [0.15, 0.2) is 6.10 Å². The molecule has 0 aliphatic heterocycles. The van der Waals surface area contributed by atoms with Crippen molar-refractivity contribution in [2.75, 3.05) is 0 Å². The van der Waals surface area contributed by atoms with E-state index in [1.54, 1.807) is 12.1 Å². The summed E-state index contributed by atoms with van der Waals surface area (Å²) in [4.78, 5) is 23.7. The van der Waals surface area contributed by atoms with Gasteiger partial charge >= 0.3 is 11.9 Å². The predicted octanol–water partition coefficient (Wildman–Crippen LogP) is 4.92. The van der Waals surface area contributed by atoms with E-state index in [0.29, 0.717) is 37.4 Å². The van der Waals surface area contributed by atoms with Gasteiger partial charge in [0.05, 0.1) is 5.56 Å². The van der Waals surface area contributed by atoms with Crippen molar-refractivity contribution in [2.24, 2.45) is 11.8 Å². The second-order valence-electron chi connectivity index (χ2n) is 9.70. The Labute approximate surface area is 188 Å².